The Kier molecular flexibility index (Phi) is 7.02. The van der Waals surface area contributed by atoms with E-state index in [1.54, 1.807) is 11.8 Å². The number of hydrogen-bond donors (Lipinski definition) is 2. The van der Waals surface area contributed by atoms with Crippen molar-refractivity contribution in [2.45, 2.75) is 39.2 Å². The zero-order chi connectivity index (χ0) is 11.9. The Labute approximate surface area is 97.0 Å². The first-order chi connectivity index (χ1) is 6.99. The van der Waals surface area contributed by atoms with Gasteiger partial charge in [-0.05, 0) is 19.1 Å². The summed E-state index contributed by atoms with van der Waals surface area (Å²) in [5, 5.41) is 12.8. The van der Waals surface area contributed by atoms with Crippen molar-refractivity contribution in [2.75, 3.05) is 18.6 Å². The summed E-state index contributed by atoms with van der Waals surface area (Å²) in [5.74, 6) is 0.866. The highest BCUT2D eigenvalue weighted by Gasteiger charge is 2.23. The van der Waals surface area contributed by atoms with Crippen LogP contribution in [0.25, 0.3) is 0 Å². The standard InChI is InChI=1S/C11H23NO2S/c1-5-11(14,6-2)8-12-10(13)9(3)7-15-4/h9,14H,5-8H2,1-4H3,(H,12,13). The molecule has 0 aromatic rings. The van der Waals surface area contributed by atoms with Crippen molar-refractivity contribution in [3.63, 3.8) is 0 Å². The van der Waals surface area contributed by atoms with E-state index < -0.39 is 5.60 Å². The molecule has 0 aliphatic rings. The Balaban J connectivity index is 3.98. The lowest BCUT2D eigenvalue weighted by Gasteiger charge is -2.26. The van der Waals surface area contributed by atoms with Crippen molar-refractivity contribution in [2.24, 2.45) is 5.92 Å². The predicted octanol–water partition coefficient (Wildman–Crippen LogP) is 1.65. The van der Waals surface area contributed by atoms with Crippen LogP contribution in [-0.2, 0) is 4.79 Å². The second-order valence-electron chi connectivity index (χ2n) is 4.01. The van der Waals surface area contributed by atoms with E-state index in [2.05, 4.69) is 5.32 Å². The van der Waals surface area contributed by atoms with Gasteiger partial charge in [0.05, 0.1) is 5.60 Å². The van der Waals surface area contributed by atoms with Gasteiger partial charge in [-0.25, -0.2) is 0 Å². The maximum absolute atomic E-state index is 11.6. The Bertz CT molecular complexity index is 193. The smallest absolute Gasteiger partial charge is 0.223 e. The first kappa shape index (κ1) is 14.8. The molecule has 2 N–H and O–H groups in total. The van der Waals surface area contributed by atoms with E-state index in [-0.39, 0.29) is 11.8 Å². The van der Waals surface area contributed by atoms with Gasteiger partial charge in [-0.2, -0.15) is 11.8 Å². The van der Waals surface area contributed by atoms with Gasteiger partial charge in [0.2, 0.25) is 5.91 Å². The van der Waals surface area contributed by atoms with Gasteiger partial charge in [0, 0.05) is 18.2 Å². The molecule has 90 valence electrons. The Hall–Kier alpha value is -0.220. The summed E-state index contributed by atoms with van der Waals surface area (Å²) in [6.45, 7) is 6.13. The minimum absolute atomic E-state index is 0.0120. The molecule has 0 spiro atoms. The molecule has 4 heteroatoms. The van der Waals surface area contributed by atoms with Gasteiger partial charge in [0.25, 0.3) is 0 Å². The molecule has 0 aromatic carbocycles. The first-order valence-corrected chi connectivity index (χ1v) is 6.87. The van der Waals surface area contributed by atoms with Crippen LogP contribution in [0.4, 0.5) is 0 Å². The number of aliphatic hydroxyl groups is 1. The van der Waals surface area contributed by atoms with Gasteiger partial charge in [-0.15, -0.1) is 0 Å². The van der Waals surface area contributed by atoms with Crippen molar-refractivity contribution in [1.29, 1.82) is 0 Å². The lowest BCUT2D eigenvalue weighted by Crippen LogP contribution is -2.43. The van der Waals surface area contributed by atoms with Gasteiger partial charge < -0.3 is 10.4 Å². The lowest BCUT2D eigenvalue weighted by molar-refractivity contribution is -0.125. The molecule has 0 aliphatic heterocycles. The Morgan fingerprint density at radius 1 is 1.47 bits per heavy atom. The van der Waals surface area contributed by atoms with Crippen molar-refractivity contribution in [3.8, 4) is 0 Å². The molecule has 0 heterocycles. The number of nitrogens with one attached hydrogen (secondary N) is 1. The van der Waals surface area contributed by atoms with Gasteiger partial charge in [-0.1, -0.05) is 20.8 Å². The van der Waals surface area contributed by atoms with E-state index in [0.717, 1.165) is 5.75 Å². The summed E-state index contributed by atoms with van der Waals surface area (Å²) in [4.78, 5) is 11.6. The van der Waals surface area contributed by atoms with Crippen molar-refractivity contribution >= 4 is 17.7 Å². The van der Waals surface area contributed by atoms with Crippen LogP contribution in [0.15, 0.2) is 0 Å². The van der Waals surface area contributed by atoms with Crippen LogP contribution in [0, 0.1) is 5.92 Å². The Morgan fingerprint density at radius 2 is 2.00 bits per heavy atom. The Morgan fingerprint density at radius 3 is 2.40 bits per heavy atom. The molecule has 3 nitrogen and oxygen atoms in total. The molecule has 0 aliphatic carbocycles. The fourth-order valence-electron chi connectivity index (χ4n) is 1.25. The highest BCUT2D eigenvalue weighted by molar-refractivity contribution is 7.98. The van der Waals surface area contributed by atoms with E-state index in [0.29, 0.717) is 19.4 Å². The number of rotatable bonds is 7. The predicted molar refractivity (Wildman–Crippen MR) is 66.1 cm³/mol. The zero-order valence-electron chi connectivity index (χ0n) is 10.2. The number of carbonyl (C=O) groups excluding carboxylic acids is 1. The normalized spacial score (nSPS) is 13.7. The van der Waals surface area contributed by atoms with Crippen LogP contribution in [0.1, 0.15) is 33.6 Å². The molecule has 0 saturated carbocycles. The average Bonchev–Trinajstić information content (AvgIpc) is 2.25. The number of hydrogen-bond acceptors (Lipinski definition) is 3. The van der Waals surface area contributed by atoms with Gasteiger partial charge in [-0.3, -0.25) is 4.79 Å². The van der Waals surface area contributed by atoms with Crippen LogP contribution < -0.4 is 5.32 Å². The molecule has 0 radical (unpaired) electrons. The van der Waals surface area contributed by atoms with E-state index in [1.807, 2.05) is 27.0 Å². The van der Waals surface area contributed by atoms with Crippen molar-refractivity contribution in [3.05, 3.63) is 0 Å². The summed E-state index contributed by atoms with van der Waals surface area (Å²) in [7, 11) is 0. The number of amides is 1. The van der Waals surface area contributed by atoms with Crippen LogP contribution >= 0.6 is 11.8 Å². The molecular weight excluding hydrogens is 210 g/mol. The third-order valence-electron chi connectivity index (χ3n) is 2.77. The molecule has 1 unspecified atom stereocenters. The van der Waals surface area contributed by atoms with Crippen LogP contribution in [0.5, 0.6) is 0 Å². The third kappa shape index (κ3) is 5.42. The molecule has 0 fully saturated rings. The van der Waals surface area contributed by atoms with E-state index >= 15 is 0 Å². The monoisotopic (exact) mass is 233 g/mol. The third-order valence-corrected chi connectivity index (χ3v) is 3.61. The molecular formula is C11H23NO2S. The number of carbonyl (C=O) groups is 1. The highest BCUT2D eigenvalue weighted by Crippen LogP contribution is 2.13. The summed E-state index contributed by atoms with van der Waals surface area (Å²) in [6, 6.07) is 0. The van der Waals surface area contributed by atoms with E-state index in [4.69, 9.17) is 0 Å². The van der Waals surface area contributed by atoms with E-state index in [9.17, 15) is 9.90 Å². The second kappa shape index (κ2) is 7.12. The molecule has 0 bridgehead atoms. The fraction of sp³-hybridized carbons (Fsp3) is 0.909. The summed E-state index contributed by atoms with van der Waals surface area (Å²) < 4.78 is 0. The molecule has 1 atom stereocenters. The minimum atomic E-state index is -0.741. The van der Waals surface area contributed by atoms with Crippen LogP contribution in [0.2, 0.25) is 0 Å². The summed E-state index contributed by atoms with van der Waals surface area (Å²) >= 11 is 1.66. The average molecular weight is 233 g/mol. The molecule has 0 saturated heterocycles. The van der Waals surface area contributed by atoms with Crippen LogP contribution in [-0.4, -0.2) is 35.2 Å². The SMILES string of the molecule is CCC(O)(CC)CNC(=O)C(C)CSC. The highest BCUT2D eigenvalue weighted by atomic mass is 32.2. The molecule has 0 aromatic heterocycles. The van der Waals surface area contributed by atoms with Crippen LogP contribution in [0.3, 0.4) is 0 Å². The van der Waals surface area contributed by atoms with Gasteiger partial charge >= 0.3 is 0 Å². The second-order valence-corrected chi connectivity index (χ2v) is 4.92. The largest absolute Gasteiger partial charge is 0.388 e. The maximum Gasteiger partial charge on any atom is 0.223 e. The van der Waals surface area contributed by atoms with Gasteiger partial charge in [0.15, 0.2) is 0 Å². The number of thioether (sulfide) groups is 1. The molecule has 0 rings (SSSR count). The van der Waals surface area contributed by atoms with Crippen molar-refractivity contribution in [1.82, 2.24) is 5.32 Å². The lowest BCUT2D eigenvalue weighted by atomic mass is 9.97. The first-order valence-electron chi connectivity index (χ1n) is 5.48. The molecule has 1 amide bonds. The molecule has 15 heavy (non-hydrogen) atoms. The summed E-state index contributed by atoms with van der Waals surface area (Å²) in [6.07, 6.45) is 3.32. The van der Waals surface area contributed by atoms with Gasteiger partial charge in [0.1, 0.15) is 0 Å². The fourth-order valence-corrected chi connectivity index (χ4v) is 1.90. The topological polar surface area (TPSA) is 49.3 Å². The van der Waals surface area contributed by atoms with E-state index in [1.165, 1.54) is 0 Å². The quantitative estimate of drug-likeness (QED) is 0.703. The zero-order valence-corrected chi connectivity index (χ0v) is 11.0. The maximum atomic E-state index is 11.6. The minimum Gasteiger partial charge on any atom is -0.388 e. The summed E-state index contributed by atoms with van der Waals surface area (Å²) in [5.41, 5.74) is -0.741. The van der Waals surface area contributed by atoms with Crippen molar-refractivity contribution < 1.29 is 9.90 Å².